The lowest BCUT2D eigenvalue weighted by Crippen LogP contribution is -2.49. The van der Waals surface area contributed by atoms with Gasteiger partial charge in [0.2, 0.25) is 5.91 Å². The SMILES string of the molecule is CNC(=O)C(C)NC1CC(C)OC(C)C1. The van der Waals surface area contributed by atoms with Crippen LogP contribution in [0.2, 0.25) is 0 Å². The molecule has 0 saturated carbocycles. The molecule has 4 nitrogen and oxygen atoms in total. The summed E-state index contributed by atoms with van der Waals surface area (Å²) in [5, 5.41) is 5.98. The van der Waals surface area contributed by atoms with Crippen LogP contribution in [0.5, 0.6) is 0 Å². The van der Waals surface area contributed by atoms with E-state index in [4.69, 9.17) is 4.74 Å². The molecule has 3 unspecified atom stereocenters. The van der Waals surface area contributed by atoms with Gasteiger partial charge in [-0.2, -0.15) is 0 Å². The molecule has 0 aliphatic carbocycles. The number of hydrogen-bond acceptors (Lipinski definition) is 3. The van der Waals surface area contributed by atoms with Crippen LogP contribution in [0.3, 0.4) is 0 Å². The molecule has 1 amide bonds. The molecule has 0 aromatic carbocycles. The van der Waals surface area contributed by atoms with Crippen LogP contribution in [-0.4, -0.2) is 37.2 Å². The predicted octanol–water partition coefficient (Wildman–Crippen LogP) is 0.666. The van der Waals surface area contributed by atoms with Gasteiger partial charge in [0.05, 0.1) is 18.2 Å². The topological polar surface area (TPSA) is 50.4 Å². The fourth-order valence-corrected chi connectivity index (χ4v) is 2.19. The third-order valence-corrected chi connectivity index (χ3v) is 2.82. The molecule has 1 aliphatic rings. The van der Waals surface area contributed by atoms with E-state index in [1.54, 1.807) is 7.05 Å². The molecule has 0 bridgehead atoms. The molecular weight excluding hydrogens is 192 g/mol. The van der Waals surface area contributed by atoms with Gasteiger partial charge in [-0.3, -0.25) is 4.79 Å². The highest BCUT2D eigenvalue weighted by Gasteiger charge is 2.26. The Morgan fingerprint density at radius 2 is 1.87 bits per heavy atom. The second kappa shape index (κ2) is 5.47. The molecule has 2 N–H and O–H groups in total. The van der Waals surface area contributed by atoms with E-state index in [1.165, 1.54) is 0 Å². The summed E-state index contributed by atoms with van der Waals surface area (Å²) in [4.78, 5) is 11.3. The van der Waals surface area contributed by atoms with Crippen molar-refractivity contribution in [2.75, 3.05) is 7.05 Å². The van der Waals surface area contributed by atoms with E-state index in [0.29, 0.717) is 6.04 Å². The van der Waals surface area contributed by atoms with Crippen molar-refractivity contribution in [3.63, 3.8) is 0 Å². The number of ether oxygens (including phenoxy) is 1. The second-order valence-corrected chi connectivity index (χ2v) is 4.43. The highest BCUT2D eigenvalue weighted by atomic mass is 16.5. The van der Waals surface area contributed by atoms with Gasteiger partial charge in [-0.15, -0.1) is 0 Å². The van der Waals surface area contributed by atoms with E-state index >= 15 is 0 Å². The van der Waals surface area contributed by atoms with Crippen molar-refractivity contribution in [3.05, 3.63) is 0 Å². The van der Waals surface area contributed by atoms with Gasteiger partial charge in [0.25, 0.3) is 0 Å². The molecule has 88 valence electrons. The molecule has 1 aliphatic heterocycles. The molecule has 0 aromatic heterocycles. The van der Waals surface area contributed by atoms with Crippen LogP contribution < -0.4 is 10.6 Å². The van der Waals surface area contributed by atoms with Gasteiger partial charge in [0, 0.05) is 13.1 Å². The van der Waals surface area contributed by atoms with Gasteiger partial charge < -0.3 is 15.4 Å². The van der Waals surface area contributed by atoms with E-state index in [0.717, 1.165) is 12.8 Å². The van der Waals surface area contributed by atoms with Crippen LogP contribution in [0, 0.1) is 0 Å². The maximum Gasteiger partial charge on any atom is 0.236 e. The maximum absolute atomic E-state index is 11.3. The van der Waals surface area contributed by atoms with Crippen LogP contribution in [0.25, 0.3) is 0 Å². The molecular formula is C11H22N2O2. The first kappa shape index (κ1) is 12.5. The summed E-state index contributed by atoms with van der Waals surface area (Å²) in [7, 11) is 1.66. The highest BCUT2D eigenvalue weighted by Crippen LogP contribution is 2.19. The van der Waals surface area contributed by atoms with E-state index < -0.39 is 0 Å². The fraction of sp³-hybridized carbons (Fsp3) is 0.909. The standard InChI is InChI=1S/C11H22N2O2/c1-7-5-10(6-8(2)15-7)13-9(3)11(14)12-4/h7-10,13H,5-6H2,1-4H3,(H,12,14). The Labute approximate surface area is 91.8 Å². The number of nitrogens with one attached hydrogen (secondary N) is 2. The van der Waals surface area contributed by atoms with Crippen molar-refractivity contribution < 1.29 is 9.53 Å². The lowest BCUT2D eigenvalue weighted by atomic mass is 9.99. The van der Waals surface area contributed by atoms with E-state index in [2.05, 4.69) is 24.5 Å². The lowest BCUT2D eigenvalue weighted by Gasteiger charge is -2.34. The highest BCUT2D eigenvalue weighted by molar-refractivity contribution is 5.80. The van der Waals surface area contributed by atoms with Crippen molar-refractivity contribution >= 4 is 5.91 Å². The van der Waals surface area contributed by atoms with Crippen molar-refractivity contribution in [1.29, 1.82) is 0 Å². The Morgan fingerprint density at radius 1 is 1.33 bits per heavy atom. The Hall–Kier alpha value is -0.610. The molecule has 4 heteroatoms. The average Bonchev–Trinajstić information content (AvgIpc) is 2.14. The van der Waals surface area contributed by atoms with Crippen molar-refractivity contribution in [3.8, 4) is 0 Å². The normalized spacial score (nSPS) is 33.5. The van der Waals surface area contributed by atoms with E-state index in [-0.39, 0.29) is 24.2 Å². The predicted molar refractivity (Wildman–Crippen MR) is 59.7 cm³/mol. The van der Waals surface area contributed by atoms with Crippen LogP contribution in [-0.2, 0) is 9.53 Å². The number of carbonyl (C=O) groups excluding carboxylic acids is 1. The summed E-state index contributed by atoms with van der Waals surface area (Å²) in [5.74, 6) is 0.0433. The minimum atomic E-state index is -0.127. The van der Waals surface area contributed by atoms with Gasteiger partial charge in [-0.05, 0) is 33.6 Å². The molecule has 1 heterocycles. The Balaban J connectivity index is 2.40. The molecule has 0 radical (unpaired) electrons. The summed E-state index contributed by atoms with van der Waals surface area (Å²) in [6.45, 7) is 6.05. The number of carbonyl (C=O) groups is 1. The first-order chi connectivity index (χ1) is 7.02. The Kier molecular flexibility index (Phi) is 4.54. The van der Waals surface area contributed by atoms with Gasteiger partial charge in [-0.1, -0.05) is 0 Å². The number of likely N-dealkylation sites (N-methyl/N-ethyl adjacent to an activating group) is 1. The minimum absolute atomic E-state index is 0.0433. The number of rotatable bonds is 3. The molecule has 15 heavy (non-hydrogen) atoms. The minimum Gasteiger partial charge on any atom is -0.375 e. The van der Waals surface area contributed by atoms with Gasteiger partial charge >= 0.3 is 0 Å². The molecule has 0 aromatic rings. The smallest absolute Gasteiger partial charge is 0.236 e. The molecule has 1 rings (SSSR count). The zero-order valence-corrected chi connectivity index (χ0v) is 10.0. The van der Waals surface area contributed by atoms with Crippen molar-refractivity contribution in [1.82, 2.24) is 10.6 Å². The van der Waals surface area contributed by atoms with Crippen LogP contribution in [0.4, 0.5) is 0 Å². The summed E-state index contributed by atoms with van der Waals surface area (Å²) < 4.78 is 5.64. The summed E-state index contributed by atoms with van der Waals surface area (Å²) in [6.07, 6.45) is 2.52. The van der Waals surface area contributed by atoms with Gasteiger partial charge in [-0.25, -0.2) is 0 Å². The zero-order chi connectivity index (χ0) is 11.4. The Morgan fingerprint density at radius 3 is 2.33 bits per heavy atom. The first-order valence-electron chi connectivity index (χ1n) is 5.66. The first-order valence-corrected chi connectivity index (χ1v) is 5.66. The van der Waals surface area contributed by atoms with Crippen LogP contribution >= 0.6 is 0 Å². The second-order valence-electron chi connectivity index (χ2n) is 4.43. The zero-order valence-electron chi connectivity index (χ0n) is 10.0. The Bertz CT molecular complexity index is 211. The lowest BCUT2D eigenvalue weighted by molar-refractivity contribution is -0.123. The molecule has 3 atom stereocenters. The average molecular weight is 214 g/mol. The van der Waals surface area contributed by atoms with Crippen molar-refractivity contribution in [2.45, 2.75) is 57.9 Å². The van der Waals surface area contributed by atoms with E-state index in [1.807, 2.05) is 6.92 Å². The summed E-state index contributed by atoms with van der Waals surface area (Å²) >= 11 is 0. The largest absolute Gasteiger partial charge is 0.375 e. The van der Waals surface area contributed by atoms with E-state index in [9.17, 15) is 4.79 Å². The van der Waals surface area contributed by atoms with Gasteiger partial charge in [0.1, 0.15) is 0 Å². The van der Waals surface area contributed by atoms with Crippen LogP contribution in [0.1, 0.15) is 33.6 Å². The third kappa shape index (κ3) is 3.80. The van der Waals surface area contributed by atoms with Crippen molar-refractivity contribution in [2.24, 2.45) is 0 Å². The number of amides is 1. The molecule has 0 spiro atoms. The fourth-order valence-electron chi connectivity index (χ4n) is 2.19. The monoisotopic (exact) mass is 214 g/mol. The summed E-state index contributed by atoms with van der Waals surface area (Å²) in [5.41, 5.74) is 0. The number of hydrogen-bond donors (Lipinski definition) is 2. The third-order valence-electron chi connectivity index (χ3n) is 2.82. The summed E-state index contributed by atoms with van der Waals surface area (Å²) in [6, 6.07) is 0.258. The quantitative estimate of drug-likeness (QED) is 0.726. The van der Waals surface area contributed by atoms with Crippen LogP contribution in [0.15, 0.2) is 0 Å². The maximum atomic E-state index is 11.3. The van der Waals surface area contributed by atoms with Gasteiger partial charge in [0.15, 0.2) is 0 Å². The molecule has 1 saturated heterocycles. The molecule has 1 fully saturated rings.